The fourth-order valence-corrected chi connectivity index (χ4v) is 4.43. The van der Waals surface area contributed by atoms with E-state index in [1.807, 2.05) is 0 Å². The number of hydrogen-bond donors (Lipinski definition) is 3. The second-order valence-corrected chi connectivity index (χ2v) is 10.1. The Hall–Kier alpha value is -3.99. The van der Waals surface area contributed by atoms with E-state index in [4.69, 9.17) is 26.1 Å². The normalized spacial score (nSPS) is 11.2. The van der Waals surface area contributed by atoms with Crippen LogP contribution in [0.25, 0.3) is 33.7 Å². The Balaban J connectivity index is 1.83. The first-order valence-corrected chi connectivity index (χ1v) is 13.1. The molecule has 10 nitrogen and oxygen atoms in total. The van der Waals surface area contributed by atoms with Gasteiger partial charge in [-0.25, -0.2) is 9.97 Å². The molecule has 4 rings (SSSR count). The Kier molecular flexibility index (Phi) is 9.03. The van der Waals surface area contributed by atoms with E-state index < -0.39 is 5.56 Å². The van der Waals surface area contributed by atoms with Crippen LogP contribution in [0.1, 0.15) is 29.8 Å². The molecule has 2 aromatic carbocycles. The number of nitrogens with zero attached hydrogens (tertiary/aromatic N) is 3. The Morgan fingerprint density at radius 3 is 2.55 bits per heavy atom. The van der Waals surface area contributed by atoms with Gasteiger partial charge in [0.25, 0.3) is 11.5 Å². The molecule has 0 aliphatic rings. The quantitative estimate of drug-likeness (QED) is 0.247. The number of aromatic nitrogens is 3. The van der Waals surface area contributed by atoms with E-state index in [-0.39, 0.29) is 23.7 Å². The lowest BCUT2D eigenvalue weighted by molar-refractivity contribution is 0.0827. The molecule has 0 aliphatic heterocycles. The van der Waals surface area contributed by atoms with E-state index in [0.717, 1.165) is 0 Å². The highest BCUT2D eigenvalue weighted by Crippen LogP contribution is 2.36. The van der Waals surface area contributed by atoms with Crippen molar-refractivity contribution in [3.8, 4) is 34.3 Å². The molecule has 2 heterocycles. The van der Waals surface area contributed by atoms with E-state index in [1.54, 1.807) is 56.6 Å². The predicted octanol–water partition coefficient (Wildman–Crippen LogP) is 3.89. The zero-order chi connectivity index (χ0) is 29.0. The van der Waals surface area contributed by atoms with Gasteiger partial charge in [0.1, 0.15) is 34.9 Å². The van der Waals surface area contributed by atoms with Crippen LogP contribution in [-0.4, -0.2) is 71.3 Å². The highest BCUT2D eigenvalue weighted by atomic mass is 35.5. The number of rotatable bonds is 10. The average Bonchev–Trinajstić information content (AvgIpc) is 2.93. The number of pyridine rings is 1. The standard InChI is InChI=1S/C29H32ClN5O5/c1-16(2)31-10-11-40-23-9-8-21(32-26(23)19-7-6-18(14-20(19)30)29(38)35(3)4)27-33-22-12-17(15-36)13-24(39-5)25(22)28(37)34-27/h6-9,12-14,16,31,36H,10-11,15H2,1-5H3,(H,33,34,37). The van der Waals surface area contributed by atoms with Gasteiger partial charge in [0, 0.05) is 37.8 Å². The molecule has 40 heavy (non-hydrogen) atoms. The van der Waals surface area contributed by atoms with Crippen LogP contribution in [0, 0.1) is 0 Å². The summed E-state index contributed by atoms with van der Waals surface area (Å²) in [6.45, 7) is 4.87. The van der Waals surface area contributed by atoms with Crippen molar-refractivity contribution in [1.82, 2.24) is 25.2 Å². The van der Waals surface area contributed by atoms with Gasteiger partial charge < -0.3 is 29.8 Å². The van der Waals surface area contributed by atoms with Crippen LogP contribution in [0.4, 0.5) is 0 Å². The first-order chi connectivity index (χ1) is 19.1. The van der Waals surface area contributed by atoms with Gasteiger partial charge in [0.05, 0.1) is 24.3 Å². The number of ether oxygens (including phenoxy) is 2. The number of hydrogen-bond acceptors (Lipinski definition) is 8. The Bertz CT molecular complexity index is 1600. The largest absolute Gasteiger partial charge is 0.496 e. The fraction of sp³-hybridized carbons (Fsp3) is 0.310. The van der Waals surface area contributed by atoms with Crippen LogP contribution >= 0.6 is 11.6 Å². The third-order valence-corrected chi connectivity index (χ3v) is 6.44. The minimum absolute atomic E-state index is 0.179. The van der Waals surface area contributed by atoms with Gasteiger partial charge in [-0.3, -0.25) is 9.59 Å². The number of aromatic amines is 1. The van der Waals surface area contributed by atoms with Gasteiger partial charge in [-0.2, -0.15) is 0 Å². The van der Waals surface area contributed by atoms with Crippen molar-refractivity contribution in [3.05, 3.63) is 69.0 Å². The number of nitrogens with one attached hydrogen (secondary N) is 2. The van der Waals surface area contributed by atoms with E-state index in [2.05, 4.69) is 29.1 Å². The zero-order valence-corrected chi connectivity index (χ0v) is 23.8. The van der Waals surface area contributed by atoms with Crippen molar-refractivity contribution in [2.45, 2.75) is 26.5 Å². The molecule has 0 radical (unpaired) electrons. The molecule has 0 bridgehead atoms. The van der Waals surface area contributed by atoms with Crippen LogP contribution < -0.4 is 20.3 Å². The van der Waals surface area contributed by atoms with Gasteiger partial charge in [-0.1, -0.05) is 31.5 Å². The number of aliphatic hydroxyl groups is 1. The summed E-state index contributed by atoms with van der Waals surface area (Å²) in [5.41, 5.74) is 2.30. The minimum atomic E-state index is -0.408. The Morgan fingerprint density at radius 1 is 1.12 bits per heavy atom. The SMILES string of the molecule is COc1cc(CO)cc2nc(-c3ccc(OCCNC(C)C)c(-c4ccc(C(=O)N(C)C)cc4Cl)n3)[nH]c(=O)c12. The molecule has 210 valence electrons. The molecule has 0 atom stereocenters. The summed E-state index contributed by atoms with van der Waals surface area (Å²) in [5, 5.41) is 13.6. The molecule has 1 amide bonds. The summed E-state index contributed by atoms with van der Waals surface area (Å²) in [5.74, 6) is 0.838. The number of aliphatic hydroxyl groups excluding tert-OH is 1. The van der Waals surface area contributed by atoms with Crippen LogP contribution in [0.2, 0.25) is 5.02 Å². The lowest BCUT2D eigenvalue weighted by Gasteiger charge is -2.16. The van der Waals surface area contributed by atoms with Crippen LogP contribution in [-0.2, 0) is 6.61 Å². The first kappa shape index (κ1) is 29.0. The number of carbonyl (C=O) groups excluding carboxylic acids is 1. The van der Waals surface area contributed by atoms with Crippen LogP contribution in [0.3, 0.4) is 0 Å². The van der Waals surface area contributed by atoms with Crippen LogP contribution in [0.5, 0.6) is 11.5 Å². The summed E-state index contributed by atoms with van der Waals surface area (Å²) in [7, 11) is 4.79. The number of halogens is 1. The molecule has 0 unspecified atom stereocenters. The number of carbonyl (C=O) groups is 1. The maximum atomic E-state index is 13.1. The summed E-state index contributed by atoms with van der Waals surface area (Å²) in [6.07, 6.45) is 0. The number of benzene rings is 2. The summed E-state index contributed by atoms with van der Waals surface area (Å²) >= 11 is 6.67. The topological polar surface area (TPSA) is 130 Å². The second kappa shape index (κ2) is 12.5. The van der Waals surface area contributed by atoms with Gasteiger partial charge in [-0.15, -0.1) is 0 Å². The molecule has 0 saturated heterocycles. The number of fused-ring (bicyclic) bond motifs is 1. The Morgan fingerprint density at radius 2 is 1.90 bits per heavy atom. The van der Waals surface area contributed by atoms with Crippen molar-refractivity contribution in [3.63, 3.8) is 0 Å². The third kappa shape index (κ3) is 6.25. The first-order valence-electron chi connectivity index (χ1n) is 12.7. The molecular weight excluding hydrogens is 534 g/mol. The van der Waals surface area contributed by atoms with E-state index >= 15 is 0 Å². The summed E-state index contributed by atoms with van der Waals surface area (Å²) in [6, 6.07) is 12.0. The lowest BCUT2D eigenvalue weighted by Crippen LogP contribution is -2.27. The van der Waals surface area contributed by atoms with Gasteiger partial charge >= 0.3 is 0 Å². The minimum Gasteiger partial charge on any atom is -0.496 e. The smallest absolute Gasteiger partial charge is 0.262 e. The molecule has 0 spiro atoms. The van der Waals surface area contributed by atoms with Gasteiger partial charge in [0.2, 0.25) is 0 Å². The van der Waals surface area contributed by atoms with Gasteiger partial charge in [-0.05, 0) is 42.0 Å². The third-order valence-electron chi connectivity index (χ3n) is 6.13. The average molecular weight is 566 g/mol. The van der Waals surface area contributed by atoms with Crippen molar-refractivity contribution in [2.24, 2.45) is 0 Å². The summed E-state index contributed by atoms with van der Waals surface area (Å²) in [4.78, 5) is 39.2. The van der Waals surface area contributed by atoms with E-state index in [9.17, 15) is 14.7 Å². The predicted molar refractivity (Wildman–Crippen MR) is 155 cm³/mol. The highest BCUT2D eigenvalue weighted by Gasteiger charge is 2.19. The number of amides is 1. The van der Waals surface area contributed by atoms with Crippen LogP contribution in [0.15, 0.2) is 47.3 Å². The van der Waals surface area contributed by atoms with Crippen molar-refractivity contribution in [1.29, 1.82) is 0 Å². The maximum absolute atomic E-state index is 13.1. The number of H-pyrrole nitrogens is 1. The molecular formula is C29H32ClN5O5. The summed E-state index contributed by atoms with van der Waals surface area (Å²) < 4.78 is 11.4. The highest BCUT2D eigenvalue weighted by molar-refractivity contribution is 6.33. The van der Waals surface area contributed by atoms with E-state index in [1.165, 1.54) is 12.0 Å². The molecule has 3 N–H and O–H groups in total. The molecule has 0 aliphatic carbocycles. The zero-order valence-electron chi connectivity index (χ0n) is 23.0. The van der Waals surface area contributed by atoms with Gasteiger partial charge in [0.15, 0.2) is 5.82 Å². The Labute approximate surface area is 236 Å². The molecule has 4 aromatic rings. The van der Waals surface area contributed by atoms with Crippen molar-refractivity contribution in [2.75, 3.05) is 34.4 Å². The molecule has 0 saturated carbocycles. The van der Waals surface area contributed by atoms with E-state index in [0.29, 0.717) is 69.3 Å². The maximum Gasteiger partial charge on any atom is 0.262 e. The van der Waals surface area contributed by atoms with Crippen molar-refractivity contribution < 1.29 is 19.4 Å². The molecule has 0 fully saturated rings. The second-order valence-electron chi connectivity index (χ2n) is 9.66. The van der Waals surface area contributed by atoms with Crippen molar-refractivity contribution >= 4 is 28.4 Å². The molecule has 11 heteroatoms. The molecule has 2 aromatic heterocycles. The number of methoxy groups -OCH3 is 1. The lowest BCUT2D eigenvalue weighted by atomic mass is 10.1. The fourth-order valence-electron chi connectivity index (χ4n) is 4.16. The monoisotopic (exact) mass is 565 g/mol.